The van der Waals surface area contributed by atoms with Gasteiger partial charge in [0.2, 0.25) is 0 Å². The molecule has 1 unspecified atom stereocenters. The number of aromatic nitrogens is 2. The maximum absolute atomic E-state index is 2.62. The zero-order chi connectivity index (χ0) is 27.1. The quantitative estimate of drug-likeness (QED) is 0.0967. The summed E-state index contributed by atoms with van der Waals surface area (Å²) < 4.78 is 5.21. The second-order valence-corrected chi connectivity index (χ2v) is 11.3. The Hall–Kier alpha value is -3.13. The molecule has 206 valence electrons. The van der Waals surface area contributed by atoms with E-state index in [2.05, 4.69) is 120 Å². The van der Waals surface area contributed by atoms with Crippen molar-refractivity contribution in [2.75, 3.05) is 0 Å². The van der Waals surface area contributed by atoms with Crippen molar-refractivity contribution in [1.82, 2.24) is 4.57 Å². The van der Waals surface area contributed by atoms with Gasteiger partial charge in [-0.1, -0.05) is 150 Å². The summed E-state index contributed by atoms with van der Waals surface area (Å²) in [6, 6.07) is 33.0. The molecule has 0 aliphatic carbocycles. The fourth-order valence-corrected chi connectivity index (χ4v) is 5.74. The van der Waals surface area contributed by atoms with Crippen molar-refractivity contribution in [2.24, 2.45) is 0 Å². The van der Waals surface area contributed by atoms with Crippen molar-refractivity contribution in [3.05, 3.63) is 125 Å². The molecule has 2 nitrogen and oxygen atoms in total. The largest absolute Gasteiger partial charge is 0.261 e. The smallest absolute Gasteiger partial charge is 0.234 e. The van der Waals surface area contributed by atoms with E-state index in [1.165, 1.54) is 86.0 Å². The summed E-state index contributed by atoms with van der Waals surface area (Å²) >= 11 is 0. The van der Waals surface area contributed by atoms with Crippen LogP contribution in [0.1, 0.15) is 106 Å². The maximum Gasteiger partial charge on any atom is 0.261 e. The molecule has 0 aliphatic heterocycles. The molecule has 1 aromatic heterocycles. The van der Waals surface area contributed by atoms with Gasteiger partial charge in [-0.2, -0.15) is 0 Å². The lowest BCUT2D eigenvalue weighted by atomic mass is 9.96. The number of benzene rings is 3. The molecule has 0 amide bonds. The third kappa shape index (κ3) is 9.24. The van der Waals surface area contributed by atoms with Gasteiger partial charge < -0.3 is 0 Å². The molecule has 0 saturated carbocycles. The first-order valence-electron chi connectivity index (χ1n) is 15.5. The number of aryl methyl sites for hydroxylation is 1. The van der Waals surface area contributed by atoms with Gasteiger partial charge in [0.1, 0.15) is 18.4 Å². The number of rotatable bonds is 17. The Morgan fingerprint density at radius 3 is 1.79 bits per heavy atom. The molecule has 0 radical (unpaired) electrons. The van der Waals surface area contributed by atoms with E-state index in [-0.39, 0.29) is 0 Å². The summed E-state index contributed by atoms with van der Waals surface area (Å²) in [4.78, 5) is 0. The topological polar surface area (TPSA) is 8.81 Å². The Labute approximate surface area is 237 Å². The van der Waals surface area contributed by atoms with Gasteiger partial charge in [-0.3, -0.25) is 0 Å². The molecular formula is C37H49N2+. The number of imidazole rings is 1. The van der Waals surface area contributed by atoms with Gasteiger partial charge in [-0.05, 0) is 35.4 Å². The van der Waals surface area contributed by atoms with Crippen LogP contribution in [0, 0.1) is 0 Å². The highest BCUT2D eigenvalue weighted by Crippen LogP contribution is 2.21. The summed E-state index contributed by atoms with van der Waals surface area (Å²) in [7, 11) is 0. The Kier molecular flexibility index (Phi) is 11.9. The molecule has 4 rings (SSSR count). The standard InChI is InChI=1S/C37H49N2/c1-3-4-5-6-7-8-9-10-20-27-38-31-36(28-32(2)35-25-18-13-19-26-35)39(30-34-23-16-12-17-24-34)37(38)29-33-21-14-11-15-22-33/h11-19,21-26,31-32H,3-10,20,27-30H2,1-2H3/q+1. The lowest BCUT2D eigenvalue weighted by molar-refractivity contribution is -0.702. The fraction of sp³-hybridized carbons (Fsp3) is 0.432. The van der Waals surface area contributed by atoms with Crippen LogP contribution in [0.25, 0.3) is 0 Å². The minimum Gasteiger partial charge on any atom is -0.234 e. The monoisotopic (exact) mass is 521 g/mol. The van der Waals surface area contributed by atoms with E-state index < -0.39 is 0 Å². The highest BCUT2D eigenvalue weighted by atomic mass is 15.2. The summed E-state index contributed by atoms with van der Waals surface area (Å²) in [5.74, 6) is 1.90. The van der Waals surface area contributed by atoms with E-state index in [1.807, 2.05) is 0 Å². The lowest BCUT2D eigenvalue weighted by Gasteiger charge is -2.12. The zero-order valence-corrected chi connectivity index (χ0v) is 24.4. The molecule has 0 spiro atoms. The molecule has 3 aromatic carbocycles. The van der Waals surface area contributed by atoms with E-state index in [1.54, 1.807) is 0 Å². The van der Waals surface area contributed by atoms with E-state index in [0.29, 0.717) is 5.92 Å². The van der Waals surface area contributed by atoms with E-state index in [0.717, 1.165) is 25.9 Å². The average molecular weight is 522 g/mol. The van der Waals surface area contributed by atoms with Crippen LogP contribution in [0.2, 0.25) is 0 Å². The third-order valence-electron chi connectivity index (χ3n) is 8.07. The normalized spacial score (nSPS) is 12.1. The Morgan fingerprint density at radius 2 is 1.18 bits per heavy atom. The molecule has 39 heavy (non-hydrogen) atoms. The number of hydrogen-bond donors (Lipinski definition) is 0. The second kappa shape index (κ2) is 16.1. The number of unbranched alkanes of at least 4 members (excludes halogenated alkanes) is 8. The molecule has 1 heterocycles. The van der Waals surface area contributed by atoms with E-state index in [9.17, 15) is 0 Å². The second-order valence-electron chi connectivity index (χ2n) is 11.3. The zero-order valence-electron chi connectivity index (χ0n) is 24.4. The molecule has 4 aromatic rings. The van der Waals surface area contributed by atoms with Crippen LogP contribution < -0.4 is 4.57 Å². The van der Waals surface area contributed by atoms with Gasteiger partial charge >= 0.3 is 0 Å². The van der Waals surface area contributed by atoms with E-state index in [4.69, 9.17) is 0 Å². The predicted molar refractivity (Wildman–Crippen MR) is 165 cm³/mol. The molecule has 0 saturated heterocycles. The molecule has 0 aliphatic rings. The summed E-state index contributed by atoms with van der Waals surface area (Å²) in [6.07, 6.45) is 16.8. The van der Waals surface area contributed by atoms with Crippen LogP contribution in [0.15, 0.2) is 97.2 Å². The van der Waals surface area contributed by atoms with Gasteiger partial charge in [0.25, 0.3) is 5.82 Å². The third-order valence-corrected chi connectivity index (χ3v) is 8.07. The van der Waals surface area contributed by atoms with Gasteiger partial charge in [0, 0.05) is 6.42 Å². The van der Waals surface area contributed by atoms with Crippen molar-refractivity contribution in [3.8, 4) is 0 Å². The minimum atomic E-state index is 0.473. The van der Waals surface area contributed by atoms with Crippen LogP contribution in [0.5, 0.6) is 0 Å². The van der Waals surface area contributed by atoms with Crippen molar-refractivity contribution in [3.63, 3.8) is 0 Å². The molecular weight excluding hydrogens is 472 g/mol. The van der Waals surface area contributed by atoms with Gasteiger partial charge in [-0.25, -0.2) is 9.13 Å². The molecule has 2 heteroatoms. The van der Waals surface area contributed by atoms with Crippen LogP contribution in [0.4, 0.5) is 0 Å². The Bertz CT molecular complexity index is 1190. The summed E-state index contributed by atoms with van der Waals surface area (Å²) in [5, 5.41) is 0. The lowest BCUT2D eigenvalue weighted by Crippen LogP contribution is -2.42. The van der Waals surface area contributed by atoms with Crippen molar-refractivity contribution in [1.29, 1.82) is 0 Å². The van der Waals surface area contributed by atoms with Crippen molar-refractivity contribution < 1.29 is 4.57 Å². The first-order valence-corrected chi connectivity index (χ1v) is 15.5. The highest BCUT2D eigenvalue weighted by molar-refractivity contribution is 5.22. The molecule has 1 atom stereocenters. The Balaban J connectivity index is 1.54. The molecule has 0 fully saturated rings. The summed E-state index contributed by atoms with van der Waals surface area (Å²) in [5.41, 5.74) is 5.61. The first kappa shape index (κ1) is 28.9. The van der Waals surface area contributed by atoms with Gasteiger partial charge in [-0.15, -0.1) is 0 Å². The first-order chi connectivity index (χ1) is 19.2. The Morgan fingerprint density at radius 1 is 0.641 bits per heavy atom. The van der Waals surface area contributed by atoms with Crippen LogP contribution in [-0.2, 0) is 25.9 Å². The number of hydrogen-bond acceptors (Lipinski definition) is 0. The molecule has 0 bridgehead atoms. The SMILES string of the molecule is CCCCCCCCCCCn1cc(CC(C)c2ccccc2)[n+](Cc2ccccc2)c1Cc1ccccc1. The maximum atomic E-state index is 2.62. The predicted octanol–water partition coefficient (Wildman–Crippen LogP) is 9.29. The van der Waals surface area contributed by atoms with Crippen molar-refractivity contribution >= 4 is 0 Å². The summed E-state index contributed by atoms with van der Waals surface area (Å²) in [6.45, 7) is 6.69. The fourth-order valence-electron chi connectivity index (χ4n) is 5.74. The molecule has 0 N–H and O–H groups in total. The van der Waals surface area contributed by atoms with Crippen LogP contribution in [-0.4, -0.2) is 4.57 Å². The highest BCUT2D eigenvalue weighted by Gasteiger charge is 2.25. The van der Waals surface area contributed by atoms with E-state index >= 15 is 0 Å². The average Bonchev–Trinajstić information content (AvgIpc) is 3.28. The van der Waals surface area contributed by atoms with Gasteiger partial charge in [0.15, 0.2) is 0 Å². The van der Waals surface area contributed by atoms with Gasteiger partial charge in [0.05, 0.1) is 13.0 Å². The van der Waals surface area contributed by atoms with Crippen LogP contribution >= 0.6 is 0 Å². The minimum absolute atomic E-state index is 0.473. The van der Waals surface area contributed by atoms with Crippen molar-refractivity contribution in [2.45, 2.75) is 103 Å². The van der Waals surface area contributed by atoms with Crippen LogP contribution in [0.3, 0.4) is 0 Å². The number of nitrogens with zero attached hydrogens (tertiary/aromatic N) is 2.